The molecule has 0 spiro atoms. The van der Waals surface area contributed by atoms with Gasteiger partial charge in [-0.25, -0.2) is 4.39 Å². The van der Waals surface area contributed by atoms with Gasteiger partial charge in [-0.1, -0.05) is 0 Å². The van der Waals surface area contributed by atoms with Crippen LogP contribution in [0.15, 0.2) is 22.7 Å². The molecule has 0 saturated carbocycles. The molecule has 2 bridgehead atoms. The lowest BCUT2D eigenvalue weighted by molar-refractivity contribution is 0.0681. The predicted molar refractivity (Wildman–Crippen MR) is 79.2 cm³/mol. The lowest BCUT2D eigenvalue weighted by atomic mass is 9.98. The van der Waals surface area contributed by atoms with Crippen molar-refractivity contribution in [1.82, 2.24) is 10.2 Å². The van der Waals surface area contributed by atoms with Gasteiger partial charge in [-0.2, -0.15) is 0 Å². The molecule has 2 unspecified atom stereocenters. The number of halogens is 2. The van der Waals surface area contributed by atoms with Crippen molar-refractivity contribution in [3.8, 4) is 0 Å². The highest BCUT2D eigenvalue weighted by Gasteiger charge is 2.36. The summed E-state index contributed by atoms with van der Waals surface area (Å²) in [7, 11) is 1.86. The van der Waals surface area contributed by atoms with Crippen molar-refractivity contribution in [2.24, 2.45) is 0 Å². The third kappa shape index (κ3) is 2.61. The summed E-state index contributed by atoms with van der Waals surface area (Å²) in [6, 6.07) is 5.82. The van der Waals surface area contributed by atoms with Gasteiger partial charge >= 0.3 is 0 Å². The molecule has 2 atom stereocenters. The van der Waals surface area contributed by atoms with E-state index in [1.54, 1.807) is 12.1 Å². The van der Waals surface area contributed by atoms with E-state index < -0.39 is 0 Å². The third-order valence-corrected chi connectivity index (χ3v) is 5.09. The molecule has 1 aromatic rings. The molecule has 2 aliphatic rings. The molecular formula is C15H18BrFN2O. The van der Waals surface area contributed by atoms with E-state index in [9.17, 15) is 9.18 Å². The van der Waals surface area contributed by atoms with E-state index in [2.05, 4.69) is 21.2 Å². The fourth-order valence-corrected chi connectivity index (χ4v) is 3.72. The molecular weight excluding hydrogens is 323 g/mol. The zero-order chi connectivity index (χ0) is 14.3. The van der Waals surface area contributed by atoms with E-state index in [-0.39, 0.29) is 17.8 Å². The zero-order valence-electron chi connectivity index (χ0n) is 11.4. The van der Waals surface area contributed by atoms with E-state index in [4.69, 9.17) is 0 Å². The largest absolute Gasteiger partial charge is 0.339 e. The van der Waals surface area contributed by atoms with Crippen molar-refractivity contribution in [1.29, 1.82) is 0 Å². The molecule has 2 aliphatic heterocycles. The molecule has 1 amide bonds. The molecule has 20 heavy (non-hydrogen) atoms. The Morgan fingerprint density at radius 1 is 1.35 bits per heavy atom. The van der Waals surface area contributed by atoms with Crippen LogP contribution in [-0.2, 0) is 0 Å². The van der Waals surface area contributed by atoms with Crippen LogP contribution in [-0.4, -0.2) is 36.0 Å². The van der Waals surface area contributed by atoms with Crippen LogP contribution in [0, 0.1) is 5.82 Å². The van der Waals surface area contributed by atoms with Gasteiger partial charge in [0.2, 0.25) is 0 Å². The van der Waals surface area contributed by atoms with Crippen LogP contribution < -0.4 is 5.32 Å². The van der Waals surface area contributed by atoms with Crippen molar-refractivity contribution >= 4 is 21.8 Å². The Morgan fingerprint density at radius 2 is 2.00 bits per heavy atom. The molecule has 108 valence electrons. The smallest absolute Gasteiger partial charge is 0.253 e. The monoisotopic (exact) mass is 340 g/mol. The van der Waals surface area contributed by atoms with E-state index in [0.29, 0.717) is 22.1 Å². The van der Waals surface area contributed by atoms with Gasteiger partial charge in [0.1, 0.15) is 5.82 Å². The van der Waals surface area contributed by atoms with Crippen LogP contribution in [0.5, 0.6) is 0 Å². The van der Waals surface area contributed by atoms with Gasteiger partial charge in [-0.05, 0) is 59.8 Å². The maximum absolute atomic E-state index is 13.2. The number of nitrogens with zero attached hydrogens (tertiary/aromatic N) is 1. The lowest BCUT2D eigenvalue weighted by Crippen LogP contribution is -2.48. The molecule has 3 nitrogen and oxygen atoms in total. The van der Waals surface area contributed by atoms with Gasteiger partial charge in [0.05, 0.1) is 4.47 Å². The normalized spacial score (nSPS) is 28.4. The van der Waals surface area contributed by atoms with Crippen molar-refractivity contribution in [2.45, 2.75) is 43.8 Å². The highest BCUT2D eigenvalue weighted by atomic mass is 79.9. The molecule has 2 heterocycles. The van der Waals surface area contributed by atoms with Crippen molar-refractivity contribution in [3.63, 3.8) is 0 Å². The van der Waals surface area contributed by atoms with E-state index in [0.717, 1.165) is 12.8 Å². The van der Waals surface area contributed by atoms with Crippen LogP contribution in [0.25, 0.3) is 0 Å². The number of nitrogens with one attached hydrogen (secondary N) is 1. The molecule has 0 aromatic heterocycles. The maximum Gasteiger partial charge on any atom is 0.253 e. The average Bonchev–Trinajstić information content (AvgIpc) is 2.79. The first-order valence-electron chi connectivity index (χ1n) is 7.03. The topological polar surface area (TPSA) is 32.3 Å². The Labute approximate surface area is 126 Å². The second-order valence-electron chi connectivity index (χ2n) is 5.81. The Morgan fingerprint density at radius 3 is 2.60 bits per heavy atom. The molecule has 2 saturated heterocycles. The van der Waals surface area contributed by atoms with E-state index in [1.807, 2.05) is 11.9 Å². The summed E-state index contributed by atoms with van der Waals surface area (Å²) in [6.07, 6.45) is 4.46. The second-order valence-corrected chi connectivity index (χ2v) is 6.66. The highest BCUT2D eigenvalue weighted by Crippen LogP contribution is 2.30. The van der Waals surface area contributed by atoms with Crippen LogP contribution in [0.2, 0.25) is 0 Å². The summed E-state index contributed by atoms with van der Waals surface area (Å²) in [5.41, 5.74) is 0.534. The summed E-state index contributed by atoms with van der Waals surface area (Å²) in [4.78, 5) is 14.3. The van der Waals surface area contributed by atoms with E-state index in [1.165, 1.54) is 18.9 Å². The van der Waals surface area contributed by atoms with Gasteiger partial charge < -0.3 is 10.2 Å². The predicted octanol–water partition coefficient (Wildman–Crippen LogP) is 2.94. The molecule has 0 radical (unpaired) electrons. The number of hydrogen-bond donors (Lipinski definition) is 1. The Hall–Kier alpha value is -0.940. The van der Waals surface area contributed by atoms with Crippen molar-refractivity contribution in [2.75, 3.05) is 7.05 Å². The van der Waals surface area contributed by atoms with Crippen LogP contribution >= 0.6 is 15.9 Å². The highest BCUT2D eigenvalue weighted by molar-refractivity contribution is 9.10. The first kappa shape index (κ1) is 14.0. The number of rotatable bonds is 2. The molecule has 2 fully saturated rings. The van der Waals surface area contributed by atoms with Gasteiger partial charge in [0.25, 0.3) is 5.91 Å². The van der Waals surface area contributed by atoms with Gasteiger partial charge in [0.15, 0.2) is 0 Å². The lowest BCUT2D eigenvalue weighted by Gasteiger charge is -2.35. The standard InChI is InChI=1S/C15H18BrFN2O/c1-19(12-7-10-3-4-11(8-12)18-10)15(20)9-2-5-14(17)13(16)6-9/h2,5-6,10-12,18H,3-4,7-8H2,1H3. The number of carbonyl (C=O) groups is 1. The van der Waals surface area contributed by atoms with Gasteiger partial charge in [0, 0.05) is 30.7 Å². The molecule has 3 rings (SSSR count). The number of carbonyl (C=O) groups excluding carboxylic acids is 1. The van der Waals surface area contributed by atoms with Crippen LogP contribution in [0.4, 0.5) is 4.39 Å². The number of piperidine rings is 1. The second kappa shape index (κ2) is 5.45. The third-order valence-electron chi connectivity index (χ3n) is 4.48. The van der Waals surface area contributed by atoms with E-state index >= 15 is 0 Å². The number of fused-ring (bicyclic) bond motifs is 2. The molecule has 0 aliphatic carbocycles. The molecule has 5 heteroatoms. The maximum atomic E-state index is 13.2. The SMILES string of the molecule is CN(C(=O)c1ccc(F)c(Br)c1)C1CC2CCC(C1)N2. The minimum atomic E-state index is -0.343. The van der Waals surface area contributed by atoms with Crippen LogP contribution in [0.1, 0.15) is 36.0 Å². The minimum Gasteiger partial charge on any atom is -0.339 e. The van der Waals surface area contributed by atoms with Gasteiger partial charge in [-0.15, -0.1) is 0 Å². The van der Waals surface area contributed by atoms with Crippen LogP contribution in [0.3, 0.4) is 0 Å². The quantitative estimate of drug-likeness (QED) is 0.897. The Bertz CT molecular complexity index is 525. The first-order valence-corrected chi connectivity index (χ1v) is 7.82. The summed E-state index contributed by atoms with van der Waals surface area (Å²) < 4.78 is 13.6. The Kier molecular flexibility index (Phi) is 3.82. The fourth-order valence-electron chi connectivity index (χ4n) is 3.34. The minimum absolute atomic E-state index is 0.0306. The summed E-state index contributed by atoms with van der Waals surface area (Å²) in [5, 5.41) is 3.58. The summed E-state index contributed by atoms with van der Waals surface area (Å²) >= 11 is 3.13. The zero-order valence-corrected chi connectivity index (χ0v) is 13.0. The fraction of sp³-hybridized carbons (Fsp3) is 0.533. The Balaban J connectivity index is 1.74. The number of hydrogen-bond acceptors (Lipinski definition) is 2. The molecule has 1 aromatic carbocycles. The summed E-state index contributed by atoms with van der Waals surface area (Å²) in [5.74, 6) is -0.374. The average molecular weight is 341 g/mol. The van der Waals surface area contributed by atoms with Crippen molar-refractivity contribution in [3.05, 3.63) is 34.1 Å². The first-order chi connectivity index (χ1) is 9.54. The number of benzene rings is 1. The molecule has 1 N–H and O–H groups in total. The number of amides is 1. The van der Waals surface area contributed by atoms with Gasteiger partial charge in [-0.3, -0.25) is 4.79 Å². The summed E-state index contributed by atoms with van der Waals surface area (Å²) in [6.45, 7) is 0. The van der Waals surface area contributed by atoms with Crippen molar-refractivity contribution < 1.29 is 9.18 Å².